The SMILES string of the molecule is CCC1CCCCC1NC(=O)N1CC(OC)CC1C(=O)O. The number of carbonyl (C=O) groups is 2. The largest absolute Gasteiger partial charge is 0.480 e. The molecule has 21 heavy (non-hydrogen) atoms. The molecule has 2 fully saturated rings. The predicted molar refractivity (Wildman–Crippen MR) is 78.1 cm³/mol. The number of methoxy groups -OCH3 is 1. The van der Waals surface area contributed by atoms with E-state index in [0.29, 0.717) is 18.9 Å². The number of carboxylic acid groups (broad SMARTS) is 1. The summed E-state index contributed by atoms with van der Waals surface area (Å²) in [5.74, 6) is -0.452. The molecule has 0 aromatic heterocycles. The minimum absolute atomic E-state index is 0.173. The lowest BCUT2D eigenvalue weighted by molar-refractivity contribution is -0.141. The molecule has 0 spiro atoms. The van der Waals surface area contributed by atoms with Gasteiger partial charge in [0.2, 0.25) is 0 Å². The fourth-order valence-electron chi connectivity index (χ4n) is 3.55. The van der Waals surface area contributed by atoms with Crippen LogP contribution in [0.3, 0.4) is 0 Å². The molecule has 6 nitrogen and oxygen atoms in total. The van der Waals surface area contributed by atoms with Crippen LogP contribution in [-0.4, -0.2) is 53.8 Å². The summed E-state index contributed by atoms with van der Waals surface area (Å²) in [5, 5.41) is 12.3. The van der Waals surface area contributed by atoms with Crippen LogP contribution in [0, 0.1) is 5.92 Å². The molecule has 1 aliphatic heterocycles. The van der Waals surface area contributed by atoms with Crippen LogP contribution in [0.2, 0.25) is 0 Å². The van der Waals surface area contributed by atoms with Crippen molar-refractivity contribution < 1.29 is 19.4 Å². The third-order valence-electron chi connectivity index (χ3n) is 4.88. The van der Waals surface area contributed by atoms with Gasteiger partial charge in [0.05, 0.1) is 6.10 Å². The van der Waals surface area contributed by atoms with Crippen LogP contribution in [0.1, 0.15) is 45.4 Å². The predicted octanol–water partition coefficient (Wildman–Crippen LogP) is 1.84. The van der Waals surface area contributed by atoms with Crippen molar-refractivity contribution in [3.05, 3.63) is 0 Å². The summed E-state index contributed by atoms with van der Waals surface area (Å²) >= 11 is 0. The molecule has 2 aliphatic rings. The first-order valence-corrected chi connectivity index (χ1v) is 7.89. The molecular weight excluding hydrogens is 272 g/mol. The molecule has 1 aliphatic carbocycles. The number of aliphatic carboxylic acids is 1. The summed E-state index contributed by atoms with van der Waals surface area (Å²) in [6.45, 7) is 2.49. The Morgan fingerprint density at radius 2 is 2.05 bits per heavy atom. The van der Waals surface area contributed by atoms with Crippen molar-refractivity contribution in [1.82, 2.24) is 10.2 Å². The highest BCUT2D eigenvalue weighted by Gasteiger charge is 2.40. The van der Waals surface area contributed by atoms with Gasteiger partial charge in [-0.1, -0.05) is 26.2 Å². The Balaban J connectivity index is 1.99. The van der Waals surface area contributed by atoms with E-state index in [1.807, 2.05) is 0 Å². The molecule has 1 saturated carbocycles. The Hall–Kier alpha value is -1.30. The minimum atomic E-state index is -0.958. The Kier molecular flexibility index (Phi) is 5.45. The summed E-state index contributed by atoms with van der Waals surface area (Å²) < 4.78 is 5.22. The van der Waals surface area contributed by atoms with E-state index < -0.39 is 12.0 Å². The highest BCUT2D eigenvalue weighted by Crippen LogP contribution is 2.28. The van der Waals surface area contributed by atoms with Crippen molar-refractivity contribution >= 4 is 12.0 Å². The van der Waals surface area contributed by atoms with Crippen LogP contribution in [0.5, 0.6) is 0 Å². The molecule has 0 aromatic carbocycles. The van der Waals surface area contributed by atoms with E-state index in [0.717, 1.165) is 25.7 Å². The Morgan fingerprint density at radius 1 is 1.33 bits per heavy atom. The number of amides is 2. The van der Waals surface area contributed by atoms with Crippen LogP contribution in [0.15, 0.2) is 0 Å². The first-order valence-electron chi connectivity index (χ1n) is 7.89. The number of carboxylic acids is 1. The van der Waals surface area contributed by atoms with E-state index in [9.17, 15) is 14.7 Å². The van der Waals surface area contributed by atoms with Crippen LogP contribution in [0.25, 0.3) is 0 Å². The molecule has 120 valence electrons. The molecule has 6 heteroatoms. The lowest BCUT2D eigenvalue weighted by Crippen LogP contribution is -2.51. The smallest absolute Gasteiger partial charge is 0.326 e. The highest BCUT2D eigenvalue weighted by molar-refractivity contribution is 5.83. The van der Waals surface area contributed by atoms with Crippen LogP contribution >= 0.6 is 0 Å². The standard InChI is InChI=1S/C15H26N2O4/c1-3-10-6-4-5-7-12(10)16-15(20)17-9-11(21-2)8-13(17)14(18)19/h10-13H,3-9H2,1-2H3,(H,16,20)(H,18,19). The van der Waals surface area contributed by atoms with Gasteiger partial charge in [-0.25, -0.2) is 9.59 Å². The zero-order valence-corrected chi connectivity index (χ0v) is 12.9. The van der Waals surface area contributed by atoms with Gasteiger partial charge in [0.15, 0.2) is 0 Å². The monoisotopic (exact) mass is 298 g/mol. The number of ether oxygens (including phenoxy) is 1. The number of urea groups is 1. The summed E-state index contributed by atoms with van der Waals surface area (Å²) in [7, 11) is 1.55. The van der Waals surface area contributed by atoms with Gasteiger partial charge in [0.1, 0.15) is 6.04 Å². The van der Waals surface area contributed by atoms with Crippen LogP contribution in [0.4, 0.5) is 4.79 Å². The third kappa shape index (κ3) is 3.67. The second kappa shape index (κ2) is 7.11. The van der Waals surface area contributed by atoms with Crippen molar-refractivity contribution in [1.29, 1.82) is 0 Å². The average Bonchev–Trinajstić information content (AvgIpc) is 2.92. The second-order valence-corrected chi connectivity index (χ2v) is 6.11. The molecule has 2 rings (SSSR count). The maximum absolute atomic E-state index is 12.4. The number of hydrogen-bond donors (Lipinski definition) is 2. The number of nitrogens with zero attached hydrogens (tertiary/aromatic N) is 1. The molecule has 2 amide bonds. The summed E-state index contributed by atoms with van der Waals surface area (Å²) in [6, 6.07) is -0.863. The van der Waals surface area contributed by atoms with Crippen molar-refractivity contribution in [2.45, 2.75) is 63.6 Å². The molecule has 1 saturated heterocycles. The first-order chi connectivity index (χ1) is 10.1. The van der Waals surface area contributed by atoms with Gasteiger partial charge < -0.3 is 20.1 Å². The summed E-state index contributed by atoms with van der Waals surface area (Å²) in [6.07, 6.45) is 5.70. The van der Waals surface area contributed by atoms with Gasteiger partial charge in [0, 0.05) is 26.1 Å². The number of nitrogens with one attached hydrogen (secondary N) is 1. The number of likely N-dealkylation sites (tertiary alicyclic amines) is 1. The second-order valence-electron chi connectivity index (χ2n) is 6.11. The average molecular weight is 298 g/mol. The number of hydrogen-bond acceptors (Lipinski definition) is 3. The van der Waals surface area contributed by atoms with E-state index in [1.54, 1.807) is 7.11 Å². The molecule has 1 heterocycles. The molecule has 0 bridgehead atoms. The van der Waals surface area contributed by atoms with Crippen LogP contribution in [-0.2, 0) is 9.53 Å². The molecular formula is C15H26N2O4. The third-order valence-corrected chi connectivity index (χ3v) is 4.88. The molecule has 0 radical (unpaired) electrons. The van der Waals surface area contributed by atoms with Gasteiger partial charge in [-0.05, 0) is 18.8 Å². The molecule has 2 N–H and O–H groups in total. The van der Waals surface area contributed by atoms with Gasteiger partial charge in [-0.3, -0.25) is 0 Å². The normalized spacial score (nSPS) is 33.0. The van der Waals surface area contributed by atoms with Crippen LogP contribution < -0.4 is 5.32 Å². The zero-order valence-electron chi connectivity index (χ0n) is 12.9. The quantitative estimate of drug-likeness (QED) is 0.830. The van der Waals surface area contributed by atoms with E-state index in [4.69, 9.17) is 4.74 Å². The van der Waals surface area contributed by atoms with Crippen molar-refractivity contribution in [2.75, 3.05) is 13.7 Å². The van der Waals surface area contributed by atoms with Gasteiger partial charge in [-0.15, -0.1) is 0 Å². The maximum atomic E-state index is 12.4. The van der Waals surface area contributed by atoms with Gasteiger partial charge in [-0.2, -0.15) is 0 Å². The number of carbonyl (C=O) groups excluding carboxylic acids is 1. The lowest BCUT2D eigenvalue weighted by Gasteiger charge is -2.33. The van der Waals surface area contributed by atoms with Crippen molar-refractivity contribution in [2.24, 2.45) is 5.92 Å². The Morgan fingerprint density at radius 3 is 2.67 bits per heavy atom. The van der Waals surface area contributed by atoms with Gasteiger partial charge in [0.25, 0.3) is 0 Å². The van der Waals surface area contributed by atoms with E-state index in [1.165, 1.54) is 11.3 Å². The Bertz CT molecular complexity index is 388. The number of rotatable bonds is 4. The molecule has 4 atom stereocenters. The Labute approximate surface area is 125 Å². The van der Waals surface area contributed by atoms with E-state index in [2.05, 4.69) is 12.2 Å². The zero-order chi connectivity index (χ0) is 15.4. The highest BCUT2D eigenvalue weighted by atomic mass is 16.5. The molecule has 0 aromatic rings. The van der Waals surface area contributed by atoms with E-state index in [-0.39, 0.29) is 18.2 Å². The molecule has 4 unspecified atom stereocenters. The lowest BCUT2D eigenvalue weighted by atomic mass is 9.83. The van der Waals surface area contributed by atoms with Crippen molar-refractivity contribution in [3.8, 4) is 0 Å². The van der Waals surface area contributed by atoms with E-state index >= 15 is 0 Å². The maximum Gasteiger partial charge on any atom is 0.326 e. The first kappa shape index (κ1) is 16.1. The summed E-state index contributed by atoms with van der Waals surface area (Å²) in [5.41, 5.74) is 0. The summed E-state index contributed by atoms with van der Waals surface area (Å²) in [4.78, 5) is 25.2. The fraction of sp³-hybridized carbons (Fsp3) is 0.867. The minimum Gasteiger partial charge on any atom is -0.480 e. The van der Waals surface area contributed by atoms with Gasteiger partial charge >= 0.3 is 12.0 Å². The topological polar surface area (TPSA) is 78.9 Å². The van der Waals surface area contributed by atoms with Crippen molar-refractivity contribution in [3.63, 3.8) is 0 Å². The fourth-order valence-corrected chi connectivity index (χ4v) is 3.55.